The molecule has 0 aliphatic heterocycles. The number of aromatic nitrogens is 2. The van der Waals surface area contributed by atoms with E-state index in [0.29, 0.717) is 0 Å². The molecule has 0 saturated heterocycles. The SMILES string of the molecule is CC(Nc1ncncc1Br)c1cccc(Br)c1. The minimum atomic E-state index is 0.179. The maximum Gasteiger partial charge on any atom is 0.144 e. The van der Waals surface area contributed by atoms with Crippen LogP contribution in [0.25, 0.3) is 0 Å². The molecule has 2 rings (SSSR count). The highest BCUT2D eigenvalue weighted by Gasteiger charge is 2.08. The lowest BCUT2D eigenvalue weighted by Gasteiger charge is -2.15. The zero-order valence-electron chi connectivity index (χ0n) is 9.19. The normalized spacial score (nSPS) is 12.2. The molecule has 0 aliphatic rings. The van der Waals surface area contributed by atoms with Gasteiger partial charge in [0.1, 0.15) is 12.1 Å². The molecule has 0 fully saturated rings. The van der Waals surface area contributed by atoms with Crippen LogP contribution in [0.4, 0.5) is 5.82 Å². The van der Waals surface area contributed by atoms with Gasteiger partial charge in [-0.2, -0.15) is 0 Å². The van der Waals surface area contributed by atoms with Gasteiger partial charge in [-0.3, -0.25) is 0 Å². The summed E-state index contributed by atoms with van der Waals surface area (Å²) >= 11 is 6.88. The monoisotopic (exact) mass is 355 g/mol. The van der Waals surface area contributed by atoms with E-state index in [1.165, 1.54) is 11.9 Å². The summed E-state index contributed by atoms with van der Waals surface area (Å²) in [7, 11) is 0. The van der Waals surface area contributed by atoms with Gasteiger partial charge in [-0.1, -0.05) is 28.1 Å². The molecule has 1 aromatic carbocycles. The zero-order chi connectivity index (χ0) is 12.3. The van der Waals surface area contributed by atoms with E-state index in [1.54, 1.807) is 6.20 Å². The molecule has 3 nitrogen and oxygen atoms in total. The molecule has 17 heavy (non-hydrogen) atoms. The molecular weight excluding hydrogens is 346 g/mol. The highest BCUT2D eigenvalue weighted by Crippen LogP contribution is 2.24. The summed E-state index contributed by atoms with van der Waals surface area (Å²) in [6.07, 6.45) is 3.25. The third-order valence-electron chi connectivity index (χ3n) is 2.37. The van der Waals surface area contributed by atoms with Crippen LogP contribution in [0, 0.1) is 0 Å². The first-order valence-corrected chi connectivity index (χ1v) is 6.73. The molecule has 0 spiro atoms. The van der Waals surface area contributed by atoms with Crippen LogP contribution in [-0.4, -0.2) is 9.97 Å². The van der Waals surface area contributed by atoms with Gasteiger partial charge in [0.25, 0.3) is 0 Å². The van der Waals surface area contributed by atoms with E-state index in [-0.39, 0.29) is 6.04 Å². The third kappa shape index (κ3) is 3.26. The summed E-state index contributed by atoms with van der Waals surface area (Å²) in [6, 6.07) is 8.38. The average molecular weight is 357 g/mol. The van der Waals surface area contributed by atoms with Crippen molar-refractivity contribution >= 4 is 37.7 Å². The average Bonchev–Trinajstić information content (AvgIpc) is 2.32. The van der Waals surface area contributed by atoms with Crippen LogP contribution in [0.3, 0.4) is 0 Å². The number of nitrogens with one attached hydrogen (secondary N) is 1. The number of rotatable bonds is 3. The van der Waals surface area contributed by atoms with Gasteiger partial charge in [-0.15, -0.1) is 0 Å². The topological polar surface area (TPSA) is 37.8 Å². The fraction of sp³-hybridized carbons (Fsp3) is 0.167. The van der Waals surface area contributed by atoms with Gasteiger partial charge in [-0.05, 0) is 40.5 Å². The Bertz CT molecular complexity index is 517. The summed E-state index contributed by atoms with van der Waals surface area (Å²) in [4.78, 5) is 8.12. The predicted octanol–water partition coefficient (Wildman–Crippen LogP) is 4.17. The van der Waals surface area contributed by atoms with E-state index in [2.05, 4.69) is 66.2 Å². The largest absolute Gasteiger partial charge is 0.363 e. The van der Waals surface area contributed by atoms with Crippen molar-refractivity contribution < 1.29 is 0 Å². The van der Waals surface area contributed by atoms with Gasteiger partial charge in [-0.25, -0.2) is 9.97 Å². The Labute approximate surface area is 117 Å². The molecule has 1 unspecified atom stereocenters. The molecule has 0 amide bonds. The quantitative estimate of drug-likeness (QED) is 0.896. The molecule has 0 aliphatic carbocycles. The van der Waals surface area contributed by atoms with Gasteiger partial charge >= 0.3 is 0 Å². The second-order valence-electron chi connectivity index (χ2n) is 3.64. The molecular formula is C12H11Br2N3. The van der Waals surface area contributed by atoms with Crippen molar-refractivity contribution in [2.24, 2.45) is 0 Å². The van der Waals surface area contributed by atoms with Crippen molar-refractivity contribution in [3.05, 3.63) is 51.3 Å². The maximum atomic E-state index is 4.19. The van der Waals surface area contributed by atoms with E-state index in [4.69, 9.17) is 0 Å². The number of halogens is 2. The van der Waals surface area contributed by atoms with Crippen LogP contribution in [0.15, 0.2) is 45.7 Å². The first kappa shape index (κ1) is 12.5. The number of anilines is 1. The molecule has 1 aromatic heterocycles. The molecule has 1 atom stereocenters. The first-order chi connectivity index (χ1) is 8.16. The minimum Gasteiger partial charge on any atom is -0.363 e. The van der Waals surface area contributed by atoms with E-state index in [0.717, 1.165) is 14.8 Å². The van der Waals surface area contributed by atoms with Gasteiger partial charge in [0.2, 0.25) is 0 Å². The van der Waals surface area contributed by atoms with E-state index in [9.17, 15) is 0 Å². The van der Waals surface area contributed by atoms with Gasteiger partial charge < -0.3 is 5.32 Å². The smallest absolute Gasteiger partial charge is 0.144 e. The number of benzene rings is 1. The molecule has 0 radical (unpaired) electrons. The number of hydrogen-bond donors (Lipinski definition) is 1. The second kappa shape index (κ2) is 5.60. The number of nitrogens with zero attached hydrogens (tertiary/aromatic N) is 2. The standard InChI is InChI=1S/C12H11Br2N3/c1-8(9-3-2-4-10(13)5-9)17-12-11(14)6-15-7-16-12/h2-8H,1H3,(H,15,16,17). The van der Waals surface area contributed by atoms with Crippen LogP contribution < -0.4 is 5.32 Å². The van der Waals surface area contributed by atoms with E-state index < -0.39 is 0 Å². The molecule has 88 valence electrons. The Hall–Kier alpha value is -0.940. The summed E-state index contributed by atoms with van der Waals surface area (Å²) < 4.78 is 1.94. The minimum absolute atomic E-state index is 0.179. The zero-order valence-corrected chi connectivity index (χ0v) is 12.4. The van der Waals surface area contributed by atoms with E-state index >= 15 is 0 Å². The van der Waals surface area contributed by atoms with Crippen LogP contribution in [0.2, 0.25) is 0 Å². The molecule has 1 N–H and O–H groups in total. The van der Waals surface area contributed by atoms with Crippen molar-refractivity contribution in [3.63, 3.8) is 0 Å². The lowest BCUT2D eigenvalue weighted by Crippen LogP contribution is -2.08. The Morgan fingerprint density at radius 3 is 2.82 bits per heavy atom. The van der Waals surface area contributed by atoms with Crippen molar-refractivity contribution in [1.82, 2.24) is 9.97 Å². The lowest BCUT2D eigenvalue weighted by molar-refractivity contribution is 0.869. The molecule has 5 heteroatoms. The van der Waals surface area contributed by atoms with Gasteiger partial charge in [0.15, 0.2) is 0 Å². The highest BCUT2D eigenvalue weighted by molar-refractivity contribution is 9.10. The van der Waals surface area contributed by atoms with Gasteiger partial charge in [0, 0.05) is 10.7 Å². The molecule has 0 saturated carbocycles. The molecule has 1 heterocycles. The summed E-state index contributed by atoms with van der Waals surface area (Å²) in [6.45, 7) is 2.09. The Balaban J connectivity index is 2.17. The van der Waals surface area contributed by atoms with Crippen molar-refractivity contribution in [2.45, 2.75) is 13.0 Å². The fourth-order valence-corrected chi connectivity index (χ4v) is 2.24. The van der Waals surface area contributed by atoms with Crippen LogP contribution >= 0.6 is 31.9 Å². The third-order valence-corrected chi connectivity index (χ3v) is 3.44. The summed E-state index contributed by atoms with van der Waals surface area (Å²) in [5.41, 5.74) is 1.20. The summed E-state index contributed by atoms with van der Waals surface area (Å²) in [5.74, 6) is 0.799. The second-order valence-corrected chi connectivity index (χ2v) is 5.41. The molecule has 2 aromatic rings. The van der Waals surface area contributed by atoms with Gasteiger partial charge in [0.05, 0.1) is 10.5 Å². The highest BCUT2D eigenvalue weighted by atomic mass is 79.9. The van der Waals surface area contributed by atoms with Crippen molar-refractivity contribution in [1.29, 1.82) is 0 Å². The van der Waals surface area contributed by atoms with E-state index in [1.807, 2.05) is 12.1 Å². The first-order valence-electron chi connectivity index (χ1n) is 5.14. The fourth-order valence-electron chi connectivity index (χ4n) is 1.48. The number of hydrogen-bond acceptors (Lipinski definition) is 3. The van der Waals surface area contributed by atoms with Crippen molar-refractivity contribution in [2.75, 3.05) is 5.32 Å². The Kier molecular flexibility index (Phi) is 4.12. The lowest BCUT2D eigenvalue weighted by atomic mass is 10.1. The maximum absolute atomic E-state index is 4.19. The molecule has 0 bridgehead atoms. The van der Waals surface area contributed by atoms with Crippen molar-refractivity contribution in [3.8, 4) is 0 Å². The predicted molar refractivity (Wildman–Crippen MR) is 75.9 cm³/mol. The van der Waals surface area contributed by atoms with Crippen LogP contribution in [-0.2, 0) is 0 Å². The summed E-state index contributed by atoms with van der Waals surface area (Å²) in [5, 5.41) is 3.33. The Morgan fingerprint density at radius 1 is 1.29 bits per heavy atom. The Morgan fingerprint density at radius 2 is 2.12 bits per heavy atom. The van der Waals surface area contributed by atoms with Crippen LogP contribution in [0.1, 0.15) is 18.5 Å². The van der Waals surface area contributed by atoms with Crippen LogP contribution in [0.5, 0.6) is 0 Å².